The molecule has 0 amide bonds. The Morgan fingerprint density at radius 1 is 1.53 bits per heavy atom. The van der Waals surface area contributed by atoms with E-state index in [4.69, 9.17) is 0 Å². The minimum atomic E-state index is 0.849. The van der Waals surface area contributed by atoms with Gasteiger partial charge in [-0.3, -0.25) is 0 Å². The van der Waals surface area contributed by atoms with Crippen molar-refractivity contribution in [3.05, 3.63) is 28.2 Å². The Bertz CT molecular complexity index is 334. The van der Waals surface area contributed by atoms with Gasteiger partial charge in [-0.2, -0.15) is 11.8 Å². The molecule has 1 unspecified atom stereocenters. The summed E-state index contributed by atoms with van der Waals surface area (Å²) < 4.78 is 1.20. The predicted octanol–water partition coefficient (Wildman–Crippen LogP) is 3.92. The summed E-state index contributed by atoms with van der Waals surface area (Å²) >= 11 is 5.70. The van der Waals surface area contributed by atoms with Gasteiger partial charge in [0.2, 0.25) is 0 Å². The molecule has 0 saturated carbocycles. The molecule has 82 valence electrons. The van der Waals surface area contributed by atoms with Crippen molar-refractivity contribution in [2.75, 3.05) is 23.4 Å². The van der Waals surface area contributed by atoms with Crippen LogP contribution >= 0.6 is 27.7 Å². The van der Waals surface area contributed by atoms with Crippen LogP contribution in [0.4, 0.5) is 5.69 Å². The van der Waals surface area contributed by atoms with Crippen LogP contribution < -0.4 is 5.32 Å². The summed E-state index contributed by atoms with van der Waals surface area (Å²) in [5.41, 5.74) is 2.52. The number of anilines is 1. The molecule has 1 aliphatic heterocycles. The number of aryl methyl sites for hydroxylation is 1. The van der Waals surface area contributed by atoms with Crippen LogP contribution in [0.1, 0.15) is 12.0 Å². The molecule has 2 rings (SSSR count). The summed E-state index contributed by atoms with van der Waals surface area (Å²) in [6.45, 7) is 3.23. The average Bonchev–Trinajstić information content (AvgIpc) is 2.73. The van der Waals surface area contributed by atoms with Gasteiger partial charge < -0.3 is 5.32 Å². The van der Waals surface area contributed by atoms with E-state index >= 15 is 0 Å². The smallest absolute Gasteiger partial charge is 0.0487 e. The normalized spacial score (nSPS) is 20.5. The van der Waals surface area contributed by atoms with E-state index in [1.165, 1.54) is 33.7 Å². The van der Waals surface area contributed by atoms with Crippen molar-refractivity contribution in [2.45, 2.75) is 13.3 Å². The fraction of sp³-hybridized carbons (Fsp3) is 0.500. The molecule has 1 aliphatic rings. The molecule has 0 bridgehead atoms. The summed E-state index contributed by atoms with van der Waals surface area (Å²) in [4.78, 5) is 0. The Morgan fingerprint density at radius 3 is 3.13 bits per heavy atom. The third kappa shape index (κ3) is 2.91. The van der Waals surface area contributed by atoms with E-state index in [0.29, 0.717) is 0 Å². The molecule has 1 aromatic rings. The van der Waals surface area contributed by atoms with Gasteiger partial charge in [0, 0.05) is 16.7 Å². The van der Waals surface area contributed by atoms with Crippen LogP contribution in [0, 0.1) is 12.8 Å². The van der Waals surface area contributed by atoms with Crippen LogP contribution in [-0.4, -0.2) is 18.1 Å². The van der Waals surface area contributed by atoms with E-state index < -0.39 is 0 Å². The van der Waals surface area contributed by atoms with E-state index in [1.807, 2.05) is 0 Å². The second-order valence-electron chi connectivity index (χ2n) is 4.05. The van der Waals surface area contributed by atoms with Gasteiger partial charge in [0.15, 0.2) is 0 Å². The van der Waals surface area contributed by atoms with E-state index in [2.05, 4.69) is 58.1 Å². The maximum absolute atomic E-state index is 3.62. The standard InChI is InChI=1S/C12H16BrNS/c1-9-3-2-4-11(12(9)13)14-7-10-5-6-15-8-10/h2-4,10,14H,5-8H2,1H3. The quantitative estimate of drug-likeness (QED) is 0.903. The highest BCUT2D eigenvalue weighted by Crippen LogP contribution is 2.28. The number of rotatable bonds is 3. The Morgan fingerprint density at radius 2 is 2.40 bits per heavy atom. The van der Waals surface area contributed by atoms with E-state index in [9.17, 15) is 0 Å². The summed E-state index contributed by atoms with van der Waals surface area (Å²) in [6.07, 6.45) is 1.36. The lowest BCUT2D eigenvalue weighted by molar-refractivity contribution is 0.631. The fourth-order valence-corrected chi connectivity index (χ4v) is 3.47. The Labute approximate surface area is 104 Å². The van der Waals surface area contributed by atoms with Crippen molar-refractivity contribution in [1.29, 1.82) is 0 Å². The molecular formula is C12H16BrNS. The molecule has 15 heavy (non-hydrogen) atoms. The molecule has 1 N–H and O–H groups in total. The number of hydrogen-bond acceptors (Lipinski definition) is 2. The van der Waals surface area contributed by atoms with Crippen molar-refractivity contribution in [2.24, 2.45) is 5.92 Å². The lowest BCUT2D eigenvalue weighted by Crippen LogP contribution is -2.13. The maximum atomic E-state index is 3.62. The van der Waals surface area contributed by atoms with Gasteiger partial charge in [0.1, 0.15) is 0 Å². The molecule has 0 spiro atoms. The van der Waals surface area contributed by atoms with Crippen LogP contribution in [0.2, 0.25) is 0 Å². The van der Waals surface area contributed by atoms with Crippen molar-refractivity contribution < 1.29 is 0 Å². The zero-order valence-electron chi connectivity index (χ0n) is 8.92. The third-order valence-corrected chi connectivity index (χ3v) is 5.08. The van der Waals surface area contributed by atoms with Gasteiger partial charge in [0.05, 0.1) is 0 Å². The summed E-state index contributed by atoms with van der Waals surface area (Å²) in [6, 6.07) is 6.37. The Hall–Kier alpha value is -0.150. The highest BCUT2D eigenvalue weighted by Gasteiger charge is 2.15. The van der Waals surface area contributed by atoms with Crippen molar-refractivity contribution in [3.8, 4) is 0 Å². The number of nitrogens with one attached hydrogen (secondary N) is 1. The number of halogens is 1. The second kappa shape index (κ2) is 5.26. The molecule has 1 heterocycles. The lowest BCUT2D eigenvalue weighted by atomic mass is 10.1. The van der Waals surface area contributed by atoms with E-state index in [1.54, 1.807) is 0 Å². The zero-order chi connectivity index (χ0) is 10.7. The first-order valence-electron chi connectivity index (χ1n) is 5.34. The molecule has 1 aromatic carbocycles. The number of thioether (sulfide) groups is 1. The first kappa shape index (κ1) is 11.3. The molecule has 3 heteroatoms. The van der Waals surface area contributed by atoms with Gasteiger partial charge in [-0.1, -0.05) is 12.1 Å². The predicted molar refractivity (Wildman–Crippen MR) is 72.8 cm³/mol. The van der Waals surface area contributed by atoms with E-state index in [-0.39, 0.29) is 0 Å². The minimum absolute atomic E-state index is 0.849. The monoisotopic (exact) mass is 285 g/mol. The maximum Gasteiger partial charge on any atom is 0.0487 e. The molecule has 1 saturated heterocycles. The van der Waals surface area contributed by atoms with Gasteiger partial charge in [-0.05, 0) is 58.3 Å². The van der Waals surface area contributed by atoms with Crippen molar-refractivity contribution in [1.82, 2.24) is 0 Å². The number of benzene rings is 1. The van der Waals surface area contributed by atoms with Crippen LogP contribution in [0.5, 0.6) is 0 Å². The molecular weight excluding hydrogens is 270 g/mol. The van der Waals surface area contributed by atoms with Crippen LogP contribution in [-0.2, 0) is 0 Å². The minimum Gasteiger partial charge on any atom is -0.384 e. The van der Waals surface area contributed by atoms with Gasteiger partial charge in [-0.25, -0.2) is 0 Å². The average molecular weight is 286 g/mol. The highest BCUT2D eigenvalue weighted by atomic mass is 79.9. The third-order valence-electron chi connectivity index (χ3n) is 2.80. The number of hydrogen-bond donors (Lipinski definition) is 1. The molecule has 0 radical (unpaired) electrons. The summed E-state index contributed by atoms with van der Waals surface area (Å²) in [5.74, 6) is 3.50. The topological polar surface area (TPSA) is 12.0 Å². The summed E-state index contributed by atoms with van der Waals surface area (Å²) in [5, 5.41) is 3.54. The van der Waals surface area contributed by atoms with E-state index in [0.717, 1.165) is 12.5 Å². The first-order chi connectivity index (χ1) is 7.27. The lowest BCUT2D eigenvalue weighted by Gasteiger charge is -2.13. The second-order valence-corrected chi connectivity index (χ2v) is 5.99. The molecule has 0 aromatic heterocycles. The van der Waals surface area contributed by atoms with Crippen molar-refractivity contribution >= 4 is 33.4 Å². The SMILES string of the molecule is Cc1cccc(NCC2CCSC2)c1Br. The van der Waals surface area contributed by atoms with Crippen molar-refractivity contribution in [3.63, 3.8) is 0 Å². The Balaban J connectivity index is 1.95. The molecule has 0 aliphatic carbocycles. The fourth-order valence-electron chi connectivity index (χ4n) is 1.78. The molecule has 1 fully saturated rings. The highest BCUT2D eigenvalue weighted by molar-refractivity contribution is 9.10. The van der Waals surface area contributed by atoms with Crippen LogP contribution in [0.25, 0.3) is 0 Å². The molecule has 1 atom stereocenters. The van der Waals surface area contributed by atoms with Crippen LogP contribution in [0.3, 0.4) is 0 Å². The van der Waals surface area contributed by atoms with Gasteiger partial charge in [-0.15, -0.1) is 0 Å². The van der Waals surface area contributed by atoms with Crippen LogP contribution in [0.15, 0.2) is 22.7 Å². The van der Waals surface area contributed by atoms with Gasteiger partial charge >= 0.3 is 0 Å². The summed E-state index contributed by atoms with van der Waals surface area (Å²) in [7, 11) is 0. The largest absolute Gasteiger partial charge is 0.384 e. The Kier molecular flexibility index (Phi) is 3.98. The van der Waals surface area contributed by atoms with Gasteiger partial charge in [0.25, 0.3) is 0 Å². The zero-order valence-corrected chi connectivity index (χ0v) is 11.3. The molecule has 1 nitrogen and oxygen atoms in total. The first-order valence-corrected chi connectivity index (χ1v) is 7.29.